The van der Waals surface area contributed by atoms with Gasteiger partial charge in [0.25, 0.3) is 0 Å². The maximum absolute atomic E-state index is 3.18. The van der Waals surface area contributed by atoms with Crippen LogP contribution in [0.2, 0.25) is 0 Å². The van der Waals surface area contributed by atoms with Gasteiger partial charge in [0.05, 0.1) is 0 Å². The molecular formula is C8H9. The van der Waals surface area contributed by atoms with E-state index in [1.165, 1.54) is 5.57 Å². The van der Waals surface area contributed by atoms with E-state index in [-0.39, 0.29) is 0 Å². The lowest BCUT2D eigenvalue weighted by Gasteiger charge is -1.79. The minimum absolute atomic E-state index is 0.986. The van der Waals surface area contributed by atoms with E-state index in [1.807, 2.05) is 13.0 Å². The van der Waals surface area contributed by atoms with Crippen molar-refractivity contribution in [2.24, 2.45) is 0 Å². The molecule has 0 fully saturated rings. The van der Waals surface area contributed by atoms with Gasteiger partial charge in [-0.3, -0.25) is 0 Å². The van der Waals surface area contributed by atoms with E-state index in [0.29, 0.717) is 0 Å². The number of allylic oxidation sites excluding steroid dienone is 6. The second-order valence-electron chi connectivity index (χ2n) is 1.74. The van der Waals surface area contributed by atoms with Crippen molar-refractivity contribution in [3.8, 4) is 0 Å². The van der Waals surface area contributed by atoms with Gasteiger partial charge in [0.15, 0.2) is 0 Å². The molecule has 0 bridgehead atoms. The minimum atomic E-state index is 0.986. The first-order chi connectivity index (χ1) is 3.93. The Labute approximate surface area is 50.2 Å². The first-order valence-corrected chi connectivity index (χ1v) is 2.83. The lowest BCUT2D eigenvalue weighted by Crippen LogP contribution is -1.61. The quantitative estimate of drug-likeness (QED) is 0.479. The van der Waals surface area contributed by atoms with Crippen molar-refractivity contribution < 1.29 is 0 Å². The summed E-state index contributed by atoms with van der Waals surface area (Å²) in [6.07, 6.45) is 12.4. The van der Waals surface area contributed by atoms with Crippen LogP contribution in [-0.4, -0.2) is 0 Å². The molecule has 0 spiro atoms. The van der Waals surface area contributed by atoms with Gasteiger partial charge in [-0.2, -0.15) is 0 Å². The minimum Gasteiger partial charge on any atom is -0.0871 e. The molecule has 0 aromatic heterocycles. The zero-order valence-corrected chi connectivity index (χ0v) is 5.02. The predicted octanol–water partition coefficient (Wildman–Crippen LogP) is 2.25. The summed E-state index contributed by atoms with van der Waals surface area (Å²) in [6.45, 7) is 2.01. The molecule has 0 aromatic carbocycles. The molecule has 1 aliphatic rings. The number of hydrogen-bond donors (Lipinski definition) is 0. The van der Waals surface area contributed by atoms with E-state index >= 15 is 0 Å². The van der Waals surface area contributed by atoms with Crippen LogP contribution < -0.4 is 0 Å². The predicted molar refractivity (Wildman–Crippen MR) is 35.3 cm³/mol. The van der Waals surface area contributed by atoms with Crippen LogP contribution in [0.1, 0.15) is 13.3 Å². The van der Waals surface area contributed by atoms with Crippen molar-refractivity contribution >= 4 is 0 Å². The van der Waals surface area contributed by atoms with E-state index in [9.17, 15) is 0 Å². The Kier molecular flexibility index (Phi) is 1.68. The molecule has 0 atom stereocenters. The average Bonchev–Trinajstić information content (AvgIpc) is 2.19. The summed E-state index contributed by atoms with van der Waals surface area (Å²) >= 11 is 0. The molecule has 0 N–H and O–H groups in total. The van der Waals surface area contributed by atoms with E-state index in [0.717, 1.165) is 6.42 Å². The third kappa shape index (κ3) is 1.09. The molecule has 0 aliphatic heterocycles. The van der Waals surface area contributed by atoms with Crippen molar-refractivity contribution in [2.45, 2.75) is 13.3 Å². The highest BCUT2D eigenvalue weighted by atomic mass is 13.9. The Morgan fingerprint density at radius 3 is 3.12 bits per heavy atom. The first kappa shape index (κ1) is 5.36. The van der Waals surface area contributed by atoms with Crippen molar-refractivity contribution in [1.82, 2.24) is 0 Å². The van der Waals surface area contributed by atoms with Crippen LogP contribution in [0.3, 0.4) is 0 Å². The van der Waals surface area contributed by atoms with Crippen LogP contribution >= 0.6 is 0 Å². The fourth-order valence-electron chi connectivity index (χ4n) is 0.716. The normalized spacial score (nSPS) is 17.9. The van der Waals surface area contributed by atoms with E-state index in [2.05, 4.69) is 24.3 Å². The molecule has 0 aromatic rings. The van der Waals surface area contributed by atoms with Crippen molar-refractivity contribution in [2.75, 3.05) is 0 Å². The lowest BCUT2D eigenvalue weighted by atomic mass is 10.3. The highest BCUT2D eigenvalue weighted by Gasteiger charge is 1.89. The average molecular weight is 105 g/mol. The summed E-state index contributed by atoms with van der Waals surface area (Å²) in [5, 5.41) is 0. The van der Waals surface area contributed by atoms with Crippen LogP contribution in [0.5, 0.6) is 0 Å². The third-order valence-corrected chi connectivity index (χ3v) is 1.07. The SMILES string of the molecule is CC=CC1=[C]CC=C1. The molecular weight excluding hydrogens is 96.1 g/mol. The van der Waals surface area contributed by atoms with Crippen LogP contribution in [0.15, 0.2) is 29.9 Å². The van der Waals surface area contributed by atoms with E-state index in [4.69, 9.17) is 0 Å². The second-order valence-corrected chi connectivity index (χ2v) is 1.74. The Hall–Kier alpha value is -0.780. The number of hydrogen-bond acceptors (Lipinski definition) is 0. The Morgan fingerprint density at radius 2 is 2.62 bits per heavy atom. The fourth-order valence-corrected chi connectivity index (χ4v) is 0.716. The highest BCUT2D eigenvalue weighted by molar-refractivity contribution is 5.32. The molecule has 0 saturated heterocycles. The van der Waals surface area contributed by atoms with Crippen LogP contribution in [0, 0.1) is 6.08 Å². The Bertz CT molecular complexity index is 147. The summed E-state index contributed by atoms with van der Waals surface area (Å²) in [5.74, 6) is 0. The summed E-state index contributed by atoms with van der Waals surface area (Å²) in [6, 6.07) is 0. The zero-order chi connectivity index (χ0) is 5.82. The summed E-state index contributed by atoms with van der Waals surface area (Å²) < 4.78 is 0. The summed E-state index contributed by atoms with van der Waals surface area (Å²) in [4.78, 5) is 0. The van der Waals surface area contributed by atoms with Crippen molar-refractivity contribution in [1.29, 1.82) is 0 Å². The maximum atomic E-state index is 3.18. The van der Waals surface area contributed by atoms with E-state index < -0.39 is 0 Å². The van der Waals surface area contributed by atoms with Gasteiger partial charge in [-0.25, -0.2) is 0 Å². The van der Waals surface area contributed by atoms with E-state index in [1.54, 1.807) is 0 Å². The maximum Gasteiger partial charge on any atom is -0.00851 e. The standard InChI is InChI=1S/C8H9/c1-2-5-8-6-3-4-7-8/h2-3,5-6H,4H2,1H3. The largest absolute Gasteiger partial charge is 0.0871 e. The third-order valence-electron chi connectivity index (χ3n) is 1.07. The monoisotopic (exact) mass is 105 g/mol. The fraction of sp³-hybridized carbons (Fsp3) is 0.250. The molecule has 1 aliphatic carbocycles. The van der Waals surface area contributed by atoms with Crippen molar-refractivity contribution in [3.63, 3.8) is 0 Å². The molecule has 41 valence electrons. The van der Waals surface area contributed by atoms with Gasteiger partial charge in [-0.1, -0.05) is 24.3 Å². The van der Waals surface area contributed by atoms with Gasteiger partial charge in [-0.05, 0) is 25.0 Å². The van der Waals surface area contributed by atoms with Crippen molar-refractivity contribution in [3.05, 3.63) is 36.0 Å². The molecule has 0 amide bonds. The van der Waals surface area contributed by atoms with Gasteiger partial charge < -0.3 is 0 Å². The molecule has 8 heavy (non-hydrogen) atoms. The zero-order valence-electron chi connectivity index (χ0n) is 5.02. The van der Waals surface area contributed by atoms with Gasteiger partial charge in [-0.15, -0.1) is 0 Å². The summed E-state index contributed by atoms with van der Waals surface area (Å²) in [7, 11) is 0. The highest BCUT2D eigenvalue weighted by Crippen LogP contribution is 2.07. The molecule has 0 saturated carbocycles. The second kappa shape index (κ2) is 2.51. The molecule has 0 unspecified atom stereocenters. The summed E-state index contributed by atoms with van der Waals surface area (Å²) in [5.41, 5.74) is 1.22. The van der Waals surface area contributed by atoms with Gasteiger partial charge in [0, 0.05) is 0 Å². The van der Waals surface area contributed by atoms with Crippen LogP contribution in [0.4, 0.5) is 0 Å². The smallest absolute Gasteiger partial charge is 0.00851 e. The molecule has 0 heteroatoms. The van der Waals surface area contributed by atoms with Gasteiger partial charge in [0.2, 0.25) is 0 Å². The molecule has 1 rings (SSSR count). The van der Waals surface area contributed by atoms with Gasteiger partial charge >= 0.3 is 0 Å². The number of rotatable bonds is 1. The first-order valence-electron chi connectivity index (χ1n) is 2.83. The van der Waals surface area contributed by atoms with Gasteiger partial charge in [0.1, 0.15) is 0 Å². The van der Waals surface area contributed by atoms with Crippen LogP contribution in [0.25, 0.3) is 0 Å². The molecule has 0 heterocycles. The molecule has 1 radical (unpaired) electrons. The topological polar surface area (TPSA) is 0 Å². The van der Waals surface area contributed by atoms with Crippen LogP contribution in [-0.2, 0) is 0 Å². The molecule has 0 nitrogen and oxygen atoms in total. The Balaban J connectivity index is 2.58. The Morgan fingerprint density at radius 1 is 1.75 bits per heavy atom. The lowest BCUT2D eigenvalue weighted by molar-refractivity contribution is 1.38.